The summed E-state index contributed by atoms with van der Waals surface area (Å²) in [5.74, 6) is 2.28. The van der Waals surface area contributed by atoms with Crippen LogP contribution in [-0.2, 0) is 0 Å². The van der Waals surface area contributed by atoms with Crippen LogP contribution in [0.2, 0.25) is 5.02 Å². The van der Waals surface area contributed by atoms with Crippen LogP contribution in [-0.4, -0.2) is 26.2 Å². The van der Waals surface area contributed by atoms with Crippen molar-refractivity contribution in [1.82, 2.24) is 0 Å². The number of halogens is 1. The van der Waals surface area contributed by atoms with Gasteiger partial charge in [-0.05, 0) is 54.6 Å². The molecule has 0 bridgehead atoms. The number of rotatable bonds is 8. The predicted molar refractivity (Wildman–Crippen MR) is 115 cm³/mol. The molecule has 5 nitrogen and oxygen atoms in total. The molecule has 0 aliphatic carbocycles. The number of carbonyl (C=O) groups is 1. The maximum Gasteiger partial charge on any atom is 0.168 e. The van der Waals surface area contributed by atoms with Gasteiger partial charge < -0.3 is 14.2 Å². The molecule has 0 aliphatic heterocycles. The Labute approximate surface area is 174 Å². The molecule has 6 heteroatoms. The summed E-state index contributed by atoms with van der Waals surface area (Å²) in [6.07, 6.45) is 1.76. The highest BCUT2D eigenvalue weighted by atomic mass is 35.5. The van der Waals surface area contributed by atoms with Crippen molar-refractivity contribution >= 4 is 29.3 Å². The number of para-hydroxylation sites is 1. The summed E-state index contributed by atoms with van der Waals surface area (Å²) in [5, 5.41) is 0.545. The third kappa shape index (κ3) is 5.36. The standard InChI is InChI=1S/C23H20ClNO4/c1-27-22-12-7-16(15-23(22)28-2)20(26)13-14-25-17-8-10-18(11-9-17)29-21-6-4-3-5-19(21)24/h3-12,14-15H,13H2,1-2H3. The van der Waals surface area contributed by atoms with Crippen LogP contribution in [0, 0.1) is 0 Å². The molecule has 0 N–H and O–H groups in total. The lowest BCUT2D eigenvalue weighted by molar-refractivity contribution is 0.100. The van der Waals surface area contributed by atoms with Crippen molar-refractivity contribution in [3.63, 3.8) is 0 Å². The van der Waals surface area contributed by atoms with Crippen molar-refractivity contribution in [3.05, 3.63) is 77.3 Å². The maximum atomic E-state index is 12.4. The molecule has 0 radical (unpaired) electrons. The maximum absolute atomic E-state index is 12.4. The molecule has 29 heavy (non-hydrogen) atoms. The molecule has 3 rings (SSSR count). The Morgan fingerprint density at radius 1 is 0.931 bits per heavy atom. The SMILES string of the molecule is COc1ccc(C(=O)CC=Nc2ccc(Oc3ccccc3Cl)cc2)cc1OC. The largest absolute Gasteiger partial charge is 0.493 e. The summed E-state index contributed by atoms with van der Waals surface area (Å²) < 4.78 is 16.2. The summed E-state index contributed by atoms with van der Waals surface area (Å²) in [4.78, 5) is 16.7. The Hall–Kier alpha value is -3.31. The van der Waals surface area contributed by atoms with Crippen LogP contribution in [0.15, 0.2) is 71.7 Å². The van der Waals surface area contributed by atoms with Gasteiger partial charge in [0.1, 0.15) is 11.5 Å². The molecular weight excluding hydrogens is 390 g/mol. The Bertz CT molecular complexity index is 1020. The van der Waals surface area contributed by atoms with Gasteiger partial charge in [-0.15, -0.1) is 0 Å². The molecule has 0 aliphatic rings. The van der Waals surface area contributed by atoms with Gasteiger partial charge in [-0.25, -0.2) is 0 Å². The predicted octanol–water partition coefficient (Wildman–Crippen LogP) is 6.12. The third-order valence-corrected chi connectivity index (χ3v) is 4.44. The molecular formula is C23H20ClNO4. The van der Waals surface area contributed by atoms with Crippen LogP contribution in [0.3, 0.4) is 0 Å². The van der Waals surface area contributed by atoms with Gasteiger partial charge in [0.15, 0.2) is 17.3 Å². The molecule has 0 fully saturated rings. The molecule has 0 heterocycles. The molecule has 148 valence electrons. The van der Waals surface area contributed by atoms with Crippen molar-refractivity contribution in [2.45, 2.75) is 6.42 Å². The van der Waals surface area contributed by atoms with E-state index in [4.69, 9.17) is 25.8 Å². The first-order valence-electron chi connectivity index (χ1n) is 8.91. The van der Waals surface area contributed by atoms with E-state index in [-0.39, 0.29) is 12.2 Å². The van der Waals surface area contributed by atoms with E-state index in [2.05, 4.69) is 4.99 Å². The minimum absolute atomic E-state index is 0.0617. The number of aliphatic imine (C=N–C) groups is 1. The first-order valence-corrected chi connectivity index (χ1v) is 9.28. The van der Waals surface area contributed by atoms with Crippen molar-refractivity contribution in [2.75, 3.05) is 14.2 Å². The molecule has 0 aromatic heterocycles. The second kappa shape index (κ2) is 9.75. The summed E-state index contributed by atoms with van der Waals surface area (Å²) >= 11 is 6.09. The van der Waals surface area contributed by atoms with Gasteiger partial charge in [-0.2, -0.15) is 0 Å². The number of methoxy groups -OCH3 is 2. The van der Waals surface area contributed by atoms with Crippen LogP contribution in [0.1, 0.15) is 16.8 Å². The second-order valence-corrected chi connectivity index (χ2v) is 6.44. The zero-order valence-corrected chi connectivity index (χ0v) is 16.8. The smallest absolute Gasteiger partial charge is 0.168 e. The van der Waals surface area contributed by atoms with Gasteiger partial charge >= 0.3 is 0 Å². The minimum atomic E-state index is -0.0617. The lowest BCUT2D eigenvalue weighted by atomic mass is 10.1. The monoisotopic (exact) mass is 409 g/mol. The average Bonchev–Trinajstić information content (AvgIpc) is 2.76. The lowest BCUT2D eigenvalue weighted by Gasteiger charge is -2.08. The van der Waals surface area contributed by atoms with Crippen LogP contribution in [0.4, 0.5) is 5.69 Å². The lowest BCUT2D eigenvalue weighted by Crippen LogP contribution is -2.01. The molecule has 3 aromatic carbocycles. The molecule has 0 spiro atoms. The number of hydrogen-bond donors (Lipinski definition) is 0. The van der Waals surface area contributed by atoms with E-state index in [1.807, 2.05) is 24.3 Å². The van der Waals surface area contributed by atoms with E-state index in [0.717, 1.165) is 5.69 Å². The number of nitrogens with zero attached hydrogens (tertiary/aromatic N) is 1. The zero-order valence-electron chi connectivity index (χ0n) is 16.1. The Balaban J connectivity index is 1.60. The van der Waals surface area contributed by atoms with Gasteiger partial charge in [0.2, 0.25) is 0 Å². The van der Waals surface area contributed by atoms with E-state index < -0.39 is 0 Å². The van der Waals surface area contributed by atoms with Gasteiger partial charge in [0.25, 0.3) is 0 Å². The number of carbonyl (C=O) groups excluding carboxylic acids is 1. The van der Waals surface area contributed by atoms with Crippen LogP contribution >= 0.6 is 11.6 Å². The zero-order chi connectivity index (χ0) is 20.6. The Kier molecular flexibility index (Phi) is 6.87. The van der Waals surface area contributed by atoms with E-state index in [9.17, 15) is 4.79 Å². The van der Waals surface area contributed by atoms with Gasteiger partial charge in [-0.1, -0.05) is 23.7 Å². The number of benzene rings is 3. The fourth-order valence-electron chi connectivity index (χ4n) is 2.62. The summed E-state index contributed by atoms with van der Waals surface area (Å²) in [5.41, 5.74) is 1.26. The highest BCUT2D eigenvalue weighted by molar-refractivity contribution is 6.32. The fourth-order valence-corrected chi connectivity index (χ4v) is 2.79. The van der Waals surface area contributed by atoms with Crippen LogP contribution in [0.5, 0.6) is 23.0 Å². The van der Waals surface area contributed by atoms with Gasteiger partial charge in [0.05, 0.1) is 24.9 Å². The fraction of sp³-hybridized carbons (Fsp3) is 0.130. The number of Topliss-reactive ketones (excluding diaryl/α,β-unsaturated/α-hetero) is 1. The van der Waals surface area contributed by atoms with Crippen LogP contribution < -0.4 is 14.2 Å². The van der Waals surface area contributed by atoms with Gasteiger partial charge in [-0.3, -0.25) is 9.79 Å². The highest BCUT2D eigenvalue weighted by Gasteiger charge is 2.10. The summed E-state index contributed by atoms with van der Waals surface area (Å²) in [6.45, 7) is 0. The highest BCUT2D eigenvalue weighted by Crippen LogP contribution is 2.30. The average molecular weight is 410 g/mol. The summed E-state index contributed by atoms with van der Waals surface area (Å²) in [7, 11) is 3.09. The molecule has 0 amide bonds. The quantitative estimate of drug-likeness (QED) is 0.332. The molecule has 0 atom stereocenters. The third-order valence-electron chi connectivity index (χ3n) is 4.12. The van der Waals surface area contributed by atoms with Crippen LogP contribution in [0.25, 0.3) is 0 Å². The molecule has 0 saturated heterocycles. The van der Waals surface area contributed by atoms with Crippen molar-refractivity contribution in [3.8, 4) is 23.0 Å². The van der Waals surface area contributed by atoms with Crippen molar-refractivity contribution < 1.29 is 19.0 Å². The van der Waals surface area contributed by atoms with E-state index >= 15 is 0 Å². The first-order chi connectivity index (χ1) is 14.1. The topological polar surface area (TPSA) is 57.1 Å². The Morgan fingerprint density at radius 3 is 2.34 bits per heavy atom. The molecule has 3 aromatic rings. The number of ketones is 1. The minimum Gasteiger partial charge on any atom is -0.493 e. The second-order valence-electron chi connectivity index (χ2n) is 6.04. The van der Waals surface area contributed by atoms with E-state index in [1.54, 1.807) is 55.8 Å². The van der Waals surface area contributed by atoms with E-state index in [1.165, 1.54) is 7.11 Å². The van der Waals surface area contributed by atoms with Crippen molar-refractivity contribution in [1.29, 1.82) is 0 Å². The normalized spacial score (nSPS) is 10.7. The first kappa shape index (κ1) is 20.4. The van der Waals surface area contributed by atoms with E-state index in [0.29, 0.717) is 33.6 Å². The number of ether oxygens (including phenoxy) is 3. The molecule has 0 unspecified atom stereocenters. The number of hydrogen-bond acceptors (Lipinski definition) is 5. The van der Waals surface area contributed by atoms with Gasteiger partial charge in [0, 0.05) is 18.2 Å². The summed E-state index contributed by atoms with van der Waals surface area (Å²) in [6, 6.07) is 19.6. The Morgan fingerprint density at radius 2 is 1.66 bits per heavy atom. The molecule has 0 saturated carbocycles. The van der Waals surface area contributed by atoms with Crippen molar-refractivity contribution in [2.24, 2.45) is 4.99 Å².